The van der Waals surface area contributed by atoms with Crippen molar-refractivity contribution >= 4 is 6.98 Å². The molecule has 0 spiro atoms. The molecule has 0 nitrogen and oxygen atoms in total. The summed E-state index contributed by atoms with van der Waals surface area (Å²) in [6, 6.07) is 5.37. The van der Waals surface area contributed by atoms with Gasteiger partial charge in [0.05, 0.1) is 0 Å². The zero-order chi connectivity index (χ0) is 10.6. The van der Waals surface area contributed by atoms with Crippen LogP contribution in [-0.4, -0.2) is 6.98 Å². The van der Waals surface area contributed by atoms with Gasteiger partial charge >= 0.3 is 58.4 Å². The summed E-state index contributed by atoms with van der Waals surface area (Å²) in [5.41, 5.74) is 0.655. The predicted molar refractivity (Wildman–Crippen MR) is 48.3 cm³/mol. The summed E-state index contributed by atoms with van der Waals surface area (Å²) in [7, 11) is 0. The van der Waals surface area contributed by atoms with E-state index in [9.17, 15) is 17.3 Å². The maximum atomic E-state index is 12.4. The van der Waals surface area contributed by atoms with Gasteiger partial charge < -0.3 is 12.9 Å². The van der Waals surface area contributed by atoms with Crippen LogP contribution in [0.15, 0.2) is 36.3 Å². The molecule has 0 aromatic heterocycles. The van der Waals surface area contributed by atoms with E-state index in [1.807, 2.05) is 0 Å². The van der Waals surface area contributed by atoms with Gasteiger partial charge in [-0.25, -0.2) is 4.39 Å². The number of hydrogen-bond donors (Lipinski definition) is 0. The van der Waals surface area contributed by atoms with E-state index in [-0.39, 0.29) is 63.8 Å². The SMILES string of the molecule is Fc1ccc(C/C=C/[B-](F)(F)F)cc1.[K+]. The first-order valence-electron chi connectivity index (χ1n) is 4.09. The van der Waals surface area contributed by atoms with Gasteiger partial charge in [0, 0.05) is 0 Å². The summed E-state index contributed by atoms with van der Waals surface area (Å²) in [4.78, 5) is 0. The van der Waals surface area contributed by atoms with Gasteiger partial charge in [-0.05, 0) is 24.1 Å². The van der Waals surface area contributed by atoms with Crippen molar-refractivity contribution < 1.29 is 68.7 Å². The zero-order valence-corrected chi connectivity index (χ0v) is 11.4. The van der Waals surface area contributed by atoms with Gasteiger partial charge in [-0.2, -0.15) is 0 Å². The van der Waals surface area contributed by atoms with Crippen LogP contribution in [0.5, 0.6) is 0 Å². The quantitative estimate of drug-likeness (QED) is 0.528. The van der Waals surface area contributed by atoms with Gasteiger partial charge in [0.25, 0.3) is 0 Å². The molecular formula is C9H8BF4K. The summed E-state index contributed by atoms with van der Waals surface area (Å²) in [5, 5.41) is 0. The fourth-order valence-corrected chi connectivity index (χ4v) is 0.979. The van der Waals surface area contributed by atoms with Gasteiger partial charge in [0.1, 0.15) is 5.82 Å². The summed E-state index contributed by atoms with van der Waals surface area (Å²) < 4.78 is 47.6. The van der Waals surface area contributed by atoms with Crippen molar-refractivity contribution in [2.75, 3.05) is 0 Å². The average molecular weight is 242 g/mol. The molecule has 0 aliphatic heterocycles. The molecule has 76 valence electrons. The molecule has 0 bridgehead atoms. The molecule has 6 heteroatoms. The Bertz CT molecular complexity index is 318. The first kappa shape index (κ1) is 15.4. The van der Waals surface area contributed by atoms with E-state index in [1.54, 1.807) is 0 Å². The molecule has 0 amide bonds. The van der Waals surface area contributed by atoms with Crippen LogP contribution < -0.4 is 51.4 Å². The van der Waals surface area contributed by atoms with Crippen LogP contribution in [0.3, 0.4) is 0 Å². The molecule has 0 radical (unpaired) electrons. The second kappa shape index (κ2) is 6.86. The Morgan fingerprint density at radius 1 is 1.07 bits per heavy atom. The molecule has 0 atom stereocenters. The molecular weight excluding hydrogens is 234 g/mol. The molecule has 0 saturated heterocycles. The molecule has 0 unspecified atom stereocenters. The Morgan fingerprint density at radius 2 is 1.60 bits per heavy atom. The van der Waals surface area contributed by atoms with Crippen LogP contribution in [-0.2, 0) is 6.42 Å². The maximum absolute atomic E-state index is 12.4. The minimum atomic E-state index is -4.86. The molecule has 0 aliphatic rings. The second-order valence-corrected chi connectivity index (χ2v) is 2.88. The van der Waals surface area contributed by atoms with Crippen molar-refractivity contribution in [2.45, 2.75) is 6.42 Å². The number of hydrogen-bond acceptors (Lipinski definition) is 0. The summed E-state index contributed by atoms with van der Waals surface area (Å²) >= 11 is 0. The molecule has 0 saturated carbocycles. The smallest absolute Gasteiger partial charge is 0.445 e. The number of benzene rings is 1. The van der Waals surface area contributed by atoms with Crippen molar-refractivity contribution in [3.05, 3.63) is 47.7 Å². The molecule has 1 aromatic carbocycles. The topological polar surface area (TPSA) is 0 Å². The Hall–Kier alpha value is 0.381. The van der Waals surface area contributed by atoms with Crippen molar-refractivity contribution in [1.29, 1.82) is 0 Å². The van der Waals surface area contributed by atoms with Crippen LogP contribution in [0.2, 0.25) is 0 Å². The van der Waals surface area contributed by atoms with E-state index in [0.29, 0.717) is 5.56 Å². The average Bonchev–Trinajstić information content (AvgIpc) is 2.06. The van der Waals surface area contributed by atoms with Crippen LogP contribution in [0.4, 0.5) is 17.3 Å². The summed E-state index contributed by atoms with van der Waals surface area (Å²) in [6.07, 6.45) is 1.20. The van der Waals surface area contributed by atoms with Crippen molar-refractivity contribution in [2.24, 2.45) is 0 Å². The first-order valence-corrected chi connectivity index (χ1v) is 4.09. The van der Waals surface area contributed by atoms with Gasteiger partial charge in [0.2, 0.25) is 0 Å². The Kier molecular flexibility index (Phi) is 7.03. The molecule has 0 aliphatic carbocycles. The first-order chi connectivity index (χ1) is 6.47. The van der Waals surface area contributed by atoms with E-state index in [4.69, 9.17) is 0 Å². The molecule has 1 aromatic rings. The Morgan fingerprint density at radius 3 is 2.07 bits per heavy atom. The van der Waals surface area contributed by atoms with E-state index in [0.717, 1.165) is 6.08 Å². The van der Waals surface area contributed by atoms with Crippen LogP contribution in [0, 0.1) is 5.82 Å². The van der Waals surface area contributed by atoms with Gasteiger partial charge in [-0.3, -0.25) is 0 Å². The normalized spacial score (nSPS) is 11.5. The molecule has 15 heavy (non-hydrogen) atoms. The summed E-state index contributed by atoms with van der Waals surface area (Å²) in [6.45, 7) is -4.86. The van der Waals surface area contributed by atoms with Crippen molar-refractivity contribution in [3.8, 4) is 0 Å². The van der Waals surface area contributed by atoms with Crippen molar-refractivity contribution in [1.82, 2.24) is 0 Å². The molecule has 0 fully saturated rings. The third kappa shape index (κ3) is 7.30. The van der Waals surface area contributed by atoms with Gasteiger partial charge in [0.15, 0.2) is 0 Å². The monoisotopic (exact) mass is 242 g/mol. The molecule has 0 N–H and O–H groups in total. The Labute approximate surface area is 128 Å². The number of halogens is 4. The standard InChI is InChI=1S/C9H8BF4.K/c11-9-5-3-8(4-6-9)2-1-7-10(12,13)14;/h1,3-7H,2H2;/q-1;+1/b7-1+;. The van der Waals surface area contributed by atoms with Crippen LogP contribution in [0.1, 0.15) is 5.56 Å². The zero-order valence-electron chi connectivity index (χ0n) is 8.26. The number of rotatable bonds is 3. The minimum absolute atomic E-state index is 0. The fourth-order valence-electron chi connectivity index (χ4n) is 0.979. The van der Waals surface area contributed by atoms with E-state index in [2.05, 4.69) is 0 Å². The van der Waals surface area contributed by atoms with Gasteiger partial charge in [-0.15, -0.1) is 12.1 Å². The third-order valence-electron chi connectivity index (χ3n) is 1.62. The maximum Gasteiger partial charge on any atom is 1.00 e. The fraction of sp³-hybridized carbons (Fsp3) is 0.111. The predicted octanol–water partition coefficient (Wildman–Crippen LogP) is 0.315. The molecule has 1 rings (SSSR count). The second-order valence-electron chi connectivity index (χ2n) is 2.88. The largest absolute Gasteiger partial charge is 1.00 e. The van der Waals surface area contributed by atoms with Crippen LogP contribution >= 0.6 is 0 Å². The molecule has 0 heterocycles. The third-order valence-corrected chi connectivity index (χ3v) is 1.62. The Balaban J connectivity index is 0.00000196. The van der Waals surface area contributed by atoms with E-state index < -0.39 is 12.8 Å². The van der Waals surface area contributed by atoms with E-state index in [1.165, 1.54) is 24.3 Å². The number of allylic oxidation sites excluding steroid dienone is 1. The van der Waals surface area contributed by atoms with E-state index >= 15 is 0 Å². The summed E-state index contributed by atoms with van der Waals surface area (Å²) in [5.74, 6) is -0.152. The van der Waals surface area contributed by atoms with Gasteiger partial charge in [-0.1, -0.05) is 12.1 Å². The van der Waals surface area contributed by atoms with Crippen molar-refractivity contribution in [3.63, 3.8) is 0 Å². The van der Waals surface area contributed by atoms with Crippen LogP contribution in [0.25, 0.3) is 0 Å². The minimum Gasteiger partial charge on any atom is -0.445 e.